The first kappa shape index (κ1) is 22.7. The van der Waals surface area contributed by atoms with Gasteiger partial charge in [-0.1, -0.05) is 60.7 Å². The molecule has 0 aliphatic rings. The number of fused-ring (bicyclic) bond motifs is 9. The number of pyridine rings is 1. The minimum atomic E-state index is 0. The van der Waals surface area contributed by atoms with E-state index in [-0.39, 0.29) is 26.8 Å². The molecular formula is C32H19N4OPt+. The van der Waals surface area contributed by atoms with Crippen LogP contribution in [0, 0.1) is 12.4 Å². The SMILES string of the molecule is Oc1cccc2c3ccccc3n3c4cccc(-[n+]5[c-]n(-c6[c-]cccc6)c6ccccc65)c4nc3c12.[Pt+2]. The predicted octanol–water partition coefficient (Wildman–Crippen LogP) is 6.32. The first-order chi connectivity index (χ1) is 18.3. The minimum absolute atomic E-state index is 0. The number of benzene rings is 5. The van der Waals surface area contributed by atoms with Gasteiger partial charge in [0.15, 0.2) is 0 Å². The molecule has 0 saturated carbocycles. The minimum Gasteiger partial charge on any atom is -0.507 e. The first-order valence-corrected chi connectivity index (χ1v) is 12.2. The molecule has 6 heteroatoms. The number of phenolic OH excluding ortho intramolecular Hbond substituents is 1. The van der Waals surface area contributed by atoms with Crippen molar-refractivity contribution in [3.05, 3.63) is 122 Å². The van der Waals surface area contributed by atoms with Crippen LogP contribution in [0.2, 0.25) is 0 Å². The van der Waals surface area contributed by atoms with E-state index in [0.717, 1.165) is 60.8 Å². The van der Waals surface area contributed by atoms with Crippen molar-refractivity contribution in [2.24, 2.45) is 0 Å². The van der Waals surface area contributed by atoms with Gasteiger partial charge in [0.2, 0.25) is 0 Å². The zero-order valence-electron chi connectivity index (χ0n) is 19.9. The van der Waals surface area contributed by atoms with Crippen molar-refractivity contribution in [2.45, 2.75) is 0 Å². The van der Waals surface area contributed by atoms with E-state index in [1.807, 2.05) is 65.2 Å². The van der Waals surface area contributed by atoms with Gasteiger partial charge in [0, 0.05) is 5.39 Å². The second-order valence-corrected chi connectivity index (χ2v) is 9.14. The summed E-state index contributed by atoms with van der Waals surface area (Å²) in [6, 6.07) is 39.6. The van der Waals surface area contributed by atoms with E-state index >= 15 is 0 Å². The number of aromatic hydroxyl groups is 1. The van der Waals surface area contributed by atoms with Gasteiger partial charge in [0.1, 0.15) is 16.9 Å². The molecule has 3 aromatic heterocycles. The van der Waals surface area contributed by atoms with Gasteiger partial charge < -0.3 is 9.67 Å². The second-order valence-electron chi connectivity index (χ2n) is 9.14. The van der Waals surface area contributed by atoms with Gasteiger partial charge in [-0.2, -0.15) is 30.3 Å². The Labute approximate surface area is 232 Å². The van der Waals surface area contributed by atoms with Crippen LogP contribution in [0.15, 0.2) is 109 Å². The molecule has 182 valence electrons. The summed E-state index contributed by atoms with van der Waals surface area (Å²) < 4.78 is 6.25. The van der Waals surface area contributed by atoms with Crippen molar-refractivity contribution in [3.8, 4) is 17.1 Å². The average Bonchev–Trinajstić information content (AvgIpc) is 3.53. The van der Waals surface area contributed by atoms with E-state index < -0.39 is 0 Å². The molecule has 0 atom stereocenters. The summed E-state index contributed by atoms with van der Waals surface area (Å²) in [5, 5.41) is 13.7. The fraction of sp³-hybridized carbons (Fsp3) is 0. The third kappa shape index (κ3) is 3.09. The van der Waals surface area contributed by atoms with Gasteiger partial charge in [-0.3, -0.25) is 8.97 Å². The monoisotopic (exact) mass is 670 g/mol. The van der Waals surface area contributed by atoms with Crippen LogP contribution in [-0.4, -0.2) is 19.1 Å². The van der Waals surface area contributed by atoms with E-state index in [1.165, 1.54) is 0 Å². The summed E-state index contributed by atoms with van der Waals surface area (Å²) in [6.45, 7) is 0. The van der Waals surface area contributed by atoms with E-state index in [0.29, 0.717) is 0 Å². The molecule has 0 fully saturated rings. The molecule has 0 amide bonds. The van der Waals surface area contributed by atoms with Crippen molar-refractivity contribution in [1.82, 2.24) is 14.0 Å². The van der Waals surface area contributed by atoms with Crippen LogP contribution < -0.4 is 4.57 Å². The van der Waals surface area contributed by atoms with Crippen molar-refractivity contribution >= 4 is 49.4 Å². The van der Waals surface area contributed by atoms with Crippen LogP contribution >= 0.6 is 0 Å². The molecule has 0 bridgehead atoms. The van der Waals surface area contributed by atoms with Crippen LogP contribution in [0.3, 0.4) is 0 Å². The van der Waals surface area contributed by atoms with Gasteiger partial charge in [-0.25, -0.2) is 4.98 Å². The summed E-state index contributed by atoms with van der Waals surface area (Å²) >= 11 is 0. The van der Waals surface area contributed by atoms with Crippen molar-refractivity contribution in [3.63, 3.8) is 0 Å². The molecule has 0 spiro atoms. The van der Waals surface area contributed by atoms with Crippen LogP contribution in [0.1, 0.15) is 0 Å². The Morgan fingerprint density at radius 3 is 2.32 bits per heavy atom. The molecule has 8 aromatic rings. The Hall–Kier alpha value is -4.47. The van der Waals surface area contributed by atoms with Crippen LogP contribution in [0.25, 0.3) is 60.8 Å². The maximum absolute atomic E-state index is 10.9. The normalized spacial score (nSPS) is 11.6. The summed E-state index contributed by atoms with van der Waals surface area (Å²) in [5.74, 6) is 0.223. The van der Waals surface area contributed by atoms with Crippen molar-refractivity contribution < 1.29 is 30.7 Å². The number of nitrogens with zero attached hydrogens (tertiary/aromatic N) is 4. The van der Waals surface area contributed by atoms with Crippen molar-refractivity contribution in [2.75, 3.05) is 0 Å². The first-order valence-electron chi connectivity index (χ1n) is 12.2. The van der Waals surface area contributed by atoms with Gasteiger partial charge in [-0.15, -0.1) is 0 Å². The van der Waals surface area contributed by atoms with Gasteiger partial charge in [0.25, 0.3) is 6.33 Å². The zero-order chi connectivity index (χ0) is 24.5. The van der Waals surface area contributed by atoms with Gasteiger partial charge in [-0.05, 0) is 35.3 Å². The number of aromatic nitrogens is 4. The molecule has 38 heavy (non-hydrogen) atoms. The van der Waals surface area contributed by atoms with Crippen LogP contribution in [-0.2, 0) is 21.1 Å². The number of hydrogen-bond acceptors (Lipinski definition) is 2. The Balaban J connectivity index is 0.00000242. The van der Waals surface area contributed by atoms with Gasteiger partial charge in [0.05, 0.1) is 33.1 Å². The van der Waals surface area contributed by atoms with E-state index in [9.17, 15) is 5.11 Å². The number of hydrogen-bond donors (Lipinski definition) is 1. The smallest absolute Gasteiger partial charge is 0.507 e. The van der Waals surface area contributed by atoms with Crippen molar-refractivity contribution in [1.29, 1.82) is 0 Å². The summed E-state index contributed by atoms with van der Waals surface area (Å²) in [6.07, 6.45) is 3.55. The molecule has 0 radical (unpaired) electrons. The number of phenols is 1. The van der Waals surface area contributed by atoms with E-state index in [2.05, 4.69) is 63.8 Å². The molecule has 3 heterocycles. The molecule has 0 aliphatic carbocycles. The zero-order valence-corrected chi connectivity index (χ0v) is 22.2. The predicted molar refractivity (Wildman–Crippen MR) is 145 cm³/mol. The van der Waals surface area contributed by atoms with Gasteiger partial charge >= 0.3 is 21.1 Å². The molecule has 8 rings (SSSR count). The third-order valence-corrected chi connectivity index (χ3v) is 7.10. The average molecular weight is 671 g/mol. The Bertz CT molecular complexity index is 2160. The fourth-order valence-electron chi connectivity index (χ4n) is 5.51. The Kier molecular flexibility index (Phi) is 5.10. The maximum Gasteiger partial charge on any atom is 2.00 e. The quantitative estimate of drug-likeness (QED) is 0.133. The summed E-state index contributed by atoms with van der Waals surface area (Å²) in [5.41, 5.74) is 7.46. The van der Waals surface area contributed by atoms with E-state index in [4.69, 9.17) is 4.98 Å². The summed E-state index contributed by atoms with van der Waals surface area (Å²) in [7, 11) is 0. The van der Waals surface area contributed by atoms with Crippen LogP contribution in [0.5, 0.6) is 5.75 Å². The Morgan fingerprint density at radius 2 is 1.45 bits per heavy atom. The largest absolute Gasteiger partial charge is 2.00 e. The second kappa shape index (κ2) is 8.54. The Morgan fingerprint density at radius 1 is 0.711 bits per heavy atom. The molecule has 1 N–H and O–H groups in total. The fourth-order valence-corrected chi connectivity index (χ4v) is 5.51. The number of para-hydroxylation sites is 5. The molecule has 0 unspecified atom stereocenters. The van der Waals surface area contributed by atoms with Crippen LogP contribution in [0.4, 0.5) is 0 Å². The third-order valence-electron chi connectivity index (χ3n) is 7.10. The molecule has 5 aromatic carbocycles. The number of imidazole rings is 2. The molecule has 0 saturated heterocycles. The topological polar surface area (TPSA) is 46.3 Å². The standard InChI is InChI=1S/C32H19N4O.Pt/c37-29-19-8-13-23-22-12-4-5-14-24(22)36-28-18-9-17-27(31(28)33-32(36)30(23)29)35-20-34(21-10-2-1-3-11-21)25-15-6-7-16-26(25)35;/h1-10,12-19,37H;/q-1;+2. The molecule has 0 aliphatic heterocycles. The number of rotatable bonds is 2. The maximum atomic E-state index is 10.9. The van der Waals surface area contributed by atoms with E-state index in [1.54, 1.807) is 6.07 Å². The summed E-state index contributed by atoms with van der Waals surface area (Å²) in [4.78, 5) is 5.16. The molecule has 5 nitrogen and oxygen atoms in total. The molecular weight excluding hydrogens is 651 g/mol.